The Kier molecular flexibility index (Phi) is 4.22. The van der Waals surface area contributed by atoms with Crippen LogP contribution in [0.2, 0.25) is 0 Å². The Morgan fingerprint density at radius 1 is 1.10 bits per heavy atom. The Morgan fingerprint density at radius 3 is 2.70 bits per heavy atom. The van der Waals surface area contributed by atoms with Crippen molar-refractivity contribution in [3.05, 3.63) is 42.0 Å². The second-order valence-electron chi connectivity index (χ2n) is 5.76. The van der Waals surface area contributed by atoms with Gasteiger partial charge in [0.05, 0.1) is 6.61 Å². The van der Waals surface area contributed by atoms with Gasteiger partial charge in [-0.25, -0.2) is 0 Å². The first-order valence-corrected chi connectivity index (χ1v) is 7.66. The minimum atomic E-state index is 0.754. The van der Waals surface area contributed by atoms with Gasteiger partial charge in [0.15, 0.2) is 0 Å². The number of hydrogen-bond acceptors (Lipinski definition) is 2. The highest BCUT2D eigenvalue weighted by atomic mass is 16.5. The fourth-order valence-electron chi connectivity index (χ4n) is 3.19. The van der Waals surface area contributed by atoms with E-state index in [9.17, 15) is 0 Å². The van der Waals surface area contributed by atoms with Gasteiger partial charge in [0.1, 0.15) is 5.75 Å². The van der Waals surface area contributed by atoms with Crippen LogP contribution in [0, 0.1) is 5.92 Å². The van der Waals surface area contributed by atoms with Crippen molar-refractivity contribution in [1.29, 1.82) is 0 Å². The molecule has 0 spiro atoms. The van der Waals surface area contributed by atoms with Crippen LogP contribution in [0.1, 0.15) is 31.2 Å². The zero-order chi connectivity index (χ0) is 13.8. The summed E-state index contributed by atoms with van der Waals surface area (Å²) in [4.78, 5) is 0. The van der Waals surface area contributed by atoms with Crippen LogP contribution >= 0.6 is 0 Å². The van der Waals surface area contributed by atoms with Gasteiger partial charge in [0.2, 0.25) is 0 Å². The zero-order valence-corrected chi connectivity index (χ0v) is 12.2. The van der Waals surface area contributed by atoms with Crippen LogP contribution in [0.15, 0.2) is 36.4 Å². The predicted molar refractivity (Wildman–Crippen MR) is 84.2 cm³/mol. The molecule has 3 rings (SSSR count). The third kappa shape index (κ3) is 2.80. The van der Waals surface area contributed by atoms with Gasteiger partial charge in [-0.05, 0) is 42.6 Å². The number of hydrogen-bond donors (Lipinski definition) is 1. The molecule has 1 N–H and O–H groups in total. The Hall–Kier alpha value is -1.54. The van der Waals surface area contributed by atoms with E-state index in [0.717, 1.165) is 24.8 Å². The molecule has 0 atom stereocenters. The van der Waals surface area contributed by atoms with Crippen molar-refractivity contribution in [3.8, 4) is 5.75 Å². The highest BCUT2D eigenvalue weighted by Gasteiger charge is 2.16. The average molecular weight is 269 g/mol. The quantitative estimate of drug-likeness (QED) is 0.881. The van der Waals surface area contributed by atoms with Crippen molar-refractivity contribution in [2.45, 2.75) is 32.2 Å². The standard InChI is InChI=1S/C18H23NO/c1-19-12-17-16-9-5-4-8-15(16)10-11-18(17)20-13-14-6-2-3-7-14/h4-5,8-11,14,19H,2-3,6-7,12-13H2,1H3. The normalized spacial score (nSPS) is 15.8. The summed E-state index contributed by atoms with van der Waals surface area (Å²) >= 11 is 0. The predicted octanol–water partition coefficient (Wildman–Crippen LogP) is 4.13. The van der Waals surface area contributed by atoms with Gasteiger partial charge in [0, 0.05) is 12.1 Å². The van der Waals surface area contributed by atoms with Crippen molar-refractivity contribution < 1.29 is 4.74 Å². The molecule has 0 aliphatic heterocycles. The Balaban J connectivity index is 1.86. The maximum Gasteiger partial charge on any atom is 0.124 e. The molecule has 106 valence electrons. The Bertz CT molecular complexity index is 573. The topological polar surface area (TPSA) is 21.3 Å². The van der Waals surface area contributed by atoms with Gasteiger partial charge < -0.3 is 10.1 Å². The Morgan fingerprint density at radius 2 is 1.90 bits per heavy atom. The van der Waals surface area contributed by atoms with E-state index >= 15 is 0 Å². The van der Waals surface area contributed by atoms with E-state index in [0.29, 0.717) is 0 Å². The van der Waals surface area contributed by atoms with Gasteiger partial charge in [-0.15, -0.1) is 0 Å². The lowest BCUT2D eigenvalue weighted by molar-refractivity contribution is 0.250. The second kappa shape index (κ2) is 6.27. The van der Waals surface area contributed by atoms with E-state index < -0.39 is 0 Å². The van der Waals surface area contributed by atoms with Crippen molar-refractivity contribution in [2.24, 2.45) is 5.92 Å². The van der Waals surface area contributed by atoms with E-state index in [2.05, 4.69) is 41.7 Å². The molecular weight excluding hydrogens is 246 g/mol. The molecule has 1 aliphatic rings. The maximum atomic E-state index is 6.14. The molecule has 0 heterocycles. The molecular formula is C18H23NO. The molecule has 1 aliphatic carbocycles. The second-order valence-corrected chi connectivity index (χ2v) is 5.76. The number of fused-ring (bicyclic) bond motifs is 1. The number of nitrogens with one attached hydrogen (secondary N) is 1. The molecule has 2 aromatic rings. The van der Waals surface area contributed by atoms with E-state index in [1.54, 1.807) is 0 Å². The maximum absolute atomic E-state index is 6.14. The molecule has 1 fully saturated rings. The largest absolute Gasteiger partial charge is 0.493 e. The highest BCUT2D eigenvalue weighted by Crippen LogP contribution is 2.30. The summed E-state index contributed by atoms with van der Waals surface area (Å²) in [5, 5.41) is 5.84. The van der Waals surface area contributed by atoms with Gasteiger partial charge in [-0.3, -0.25) is 0 Å². The zero-order valence-electron chi connectivity index (χ0n) is 12.2. The molecule has 0 bridgehead atoms. The van der Waals surface area contributed by atoms with Crippen LogP contribution in [0.25, 0.3) is 10.8 Å². The van der Waals surface area contributed by atoms with Crippen LogP contribution in [-0.2, 0) is 6.54 Å². The number of benzene rings is 2. The number of ether oxygens (including phenoxy) is 1. The van der Waals surface area contributed by atoms with Crippen LogP contribution in [0.4, 0.5) is 0 Å². The molecule has 2 nitrogen and oxygen atoms in total. The lowest BCUT2D eigenvalue weighted by Gasteiger charge is -2.16. The lowest BCUT2D eigenvalue weighted by atomic mass is 10.0. The van der Waals surface area contributed by atoms with Gasteiger partial charge in [0.25, 0.3) is 0 Å². The lowest BCUT2D eigenvalue weighted by Crippen LogP contribution is -2.12. The third-order valence-corrected chi connectivity index (χ3v) is 4.30. The van der Waals surface area contributed by atoms with Gasteiger partial charge >= 0.3 is 0 Å². The minimum absolute atomic E-state index is 0.754. The van der Waals surface area contributed by atoms with E-state index in [1.807, 2.05) is 7.05 Å². The highest BCUT2D eigenvalue weighted by molar-refractivity contribution is 5.87. The van der Waals surface area contributed by atoms with Crippen molar-refractivity contribution >= 4 is 10.8 Å². The van der Waals surface area contributed by atoms with Crippen molar-refractivity contribution in [1.82, 2.24) is 5.32 Å². The number of rotatable bonds is 5. The molecule has 1 saturated carbocycles. The first-order valence-electron chi connectivity index (χ1n) is 7.66. The minimum Gasteiger partial charge on any atom is -0.493 e. The molecule has 2 aromatic carbocycles. The van der Waals surface area contributed by atoms with Gasteiger partial charge in [-0.1, -0.05) is 43.2 Å². The van der Waals surface area contributed by atoms with E-state index in [-0.39, 0.29) is 0 Å². The van der Waals surface area contributed by atoms with Crippen LogP contribution in [-0.4, -0.2) is 13.7 Å². The molecule has 20 heavy (non-hydrogen) atoms. The van der Waals surface area contributed by atoms with E-state index in [1.165, 1.54) is 42.0 Å². The summed E-state index contributed by atoms with van der Waals surface area (Å²) in [6, 6.07) is 12.8. The Labute approximate surface area is 121 Å². The molecule has 0 unspecified atom stereocenters. The summed E-state index contributed by atoms with van der Waals surface area (Å²) in [6.45, 7) is 1.72. The van der Waals surface area contributed by atoms with Crippen molar-refractivity contribution in [3.63, 3.8) is 0 Å². The van der Waals surface area contributed by atoms with E-state index in [4.69, 9.17) is 4.74 Å². The third-order valence-electron chi connectivity index (χ3n) is 4.30. The van der Waals surface area contributed by atoms with Crippen LogP contribution in [0.5, 0.6) is 5.75 Å². The summed E-state index contributed by atoms with van der Waals surface area (Å²) in [5.41, 5.74) is 1.28. The summed E-state index contributed by atoms with van der Waals surface area (Å²) in [5.74, 6) is 1.80. The SMILES string of the molecule is CNCc1c(OCC2CCCC2)ccc2ccccc12. The van der Waals surface area contributed by atoms with Crippen LogP contribution in [0.3, 0.4) is 0 Å². The smallest absolute Gasteiger partial charge is 0.124 e. The average Bonchev–Trinajstić information content (AvgIpc) is 3.00. The first kappa shape index (κ1) is 13.4. The summed E-state index contributed by atoms with van der Waals surface area (Å²) in [7, 11) is 1.99. The van der Waals surface area contributed by atoms with Crippen molar-refractivity contribution in [2.75, 3.05) is 13.7 Å². The fourth-order valence-corrected chi connectivity index (χ4v) is 3.19. The summed E-state index contributed by atoms with van der Waals surface area (Å²) < 4.78 is 6.14. The summed E-state index contributed by atoms with van der Waals surface area (Å²) in [6.07, 6.45) is 5.40. The molecule has 0 radical (unpaired) electrons. The molecule has 0 aromatic heterocycles. The first-order chi connectivity index (χ1) is 9.88. The molecule has 2 heteroatoms. The monoisotopic (exact) mass is 269 g/mol. The molecule has 0 saturated heterocycles. The van der Waals surface area contributed by atoms with Crippen LogP contribution < -0.4 is 10.1 Å². The van der Waals surface area contributed by atoms with Gasteiger partial charge in [-0.2, -0.15) is 0 Å². The molecule has 0 amide bonds. The fraction of sp³-hybridized carbons (Fsp3) is 0.444.